The molecule has 0 fully saturated rings. The molecule has 0 spiro atoms. The molecule has 2 aromatic rings. The summed E-state index contributed by atoms with van der Waals surface area (Å²) >= 11 is 8.79. The number of carbonyl (C=O) groups excluding carboxylic acids is 4. The smallest absolute Gasteiger partial charge is 0.328 e. The molecule has 52 heavy (non-hydrogen) atoms. The molecule has 1 aliphatic heterocycles. The fraction of sp³-hybridized carbons (Fsp3) is 0.550. The number of rotatable bonds is 9. The Kier molecular flexibility index (Phi) is 15.6. The van der Waals surface area contributed by atoms with Gasteiger partial charge in [0.05, 0.1) is 17.5 Å². The highest BCUT2D eigenvalue weighted by atomic mass is 127. The van der Waals surface area contributed by atoms with Gasteiger partial charge in [0.25, 0.3) is 0 Å². The summed E-state index contributed by atoms with van der Waals surface area (Å²) in [6.45, 7) is 15.8. The zero-order valence-corrected chi connectivity index (χ0v) is 34.8. The molecule has 1 aliphatic rings. The molecule has 10 nitrogen and oxygen atoms in total. The SMILES string of the molecule is COc1ccc(C[C@H]2NC(=O)/C=C/C[C@@H]([C@H](C)C(I)C(C)c3ccc(CN)cc3)OC(=O)[C@H](CC(C)(C)C)NC(=O)C(C)(C)[C@H](C)NC2=O)cc1Cl. The lowest BCUT2D eigenvalue weighted by atomic mass is 9.82. The van der Waals surface area contributed by atoms with Crippen LogP contribution in [0.2, 0.25) is 5.02 Å². The number of carbonyl (C=O) groups is 4. The Morgan fingerprint density at radius 3 is 2.21 bits per heavy atom. The Labute approximate surface area is 327 Å². The lowest BCUT2D eigenvalue weighted by molar-refractivity contribution is -0.157. The lowest BCUT2D eigenvalue weighted by Gasteiger charge is -2.36. The van der Waals surface area contributed by atoms with Gasteiger partial charge in [-0.2, -0.15) is 0 Å². The van der Waals surface area contributed by atoms with Crippen molar-refractivity contribution in [2.75, 3.05) is 7.11 Å². The van der Waals surface area contributed by atoms with Gasteiger partial charge in [0.15, 0.2) is 0 Å². The number of esters is 1. The second-order valence-corrected chi connectivity index (χ2v) is 17.5. The third-order valence-corrected chi connectivity index (χ3v) is 12.4. The highest BCUT2D eigenvalue weighted by Gasteiger charge is 2.40. The van der Waals surface area contributed by atoms with Gasteiger partial charge in [-0.25, -0.2) is 4.79 Å². The van der Waals surface area contributed by atoms with Gasteiger partial charge < -0.3 is 31.2 Å². The van der Waals surface area contributed by atoms with Gasteiger partial charge in [-0.15, -0.1) is 0 Å². The monoisotopic (exact) mass is 850 g/mol. The number of hydrogen-bond donors (Lipinski definition) is 4. The van der Waals surface area contributed by atoms with Crippen LogP contribution in [0.4, 0.5) is 0 Å². The molecule has 0 radical (unpaired) electrons. The minimum Gasteiger partial charge on any atom is -0.495 e. The molecule has 2 unspecified atom stereocenters. The summed E-state index contributed by atoms with van der Waals surface area (Å²) in [6, 6.07) is 10.8. The van der Waals surface area contributed by atoms with E-state index in [-0.39, 0.29) is 34.0 Å². The molecule has 7 atom stereocenters. The molecule has 3 amide bonds. The molecule has 286 valence electrons. The van der Waals surface area contributed by atoms with Crippen LogP contribution in [-0.4, -0.2) is 59.0 Å². The van der Waals surface area contributed by atoms with Crippen molar-refractivity contribution in [1.82, 2.24) is 16.0 Å². The van der Waals surface area contributed by atoms with Gasteiger partial charge in [0.1, 0.15) is 23.9 Å². The zero-order chi connectivity index (χ0) is 39.0. The number of nitrogens with two attached hydrogens (primary N) is 1. The van der Waals surface area contributed by atoms with Crippen molar-refractivity contribution >= 4 is 57.9 Å². The fourth-order valence-corrected chi connectivity index (χ4v) is 7.21. The highest BCUT2D eigenvalue weighted by Crippen LogP contribution is 2.35. The van der Waals surface area contributed by atoms with Crippen LogP contribution in [-0.2, 0) is 36.9 Å². The molecule has 0 saturated heterocycles. The molecule has 0 aliphatic carbocycles. The van der Waals surface area contributed by atoms with E-state index in [0.717, 1.165) is 11.1 Å². The van der Waals surface area contributed by atoms with Gasteiger partial charge in [-0.3, -0.25) is 14.4 Å². The van der Waals surface area contributed by atoms with E-state index in [9.17, 15) is 19.2 Å². The van der Waals surface area contributed by atoms with Gasteiger partial charge in [-0.05, 0) is 73.4 Å². The number of methoxy groups -OCH3 is 1. The van der Waals surface area contributed by atoms with E-state index in [1.165, 1.54) is 13.2 Å². The molecule has 5 N–H and O–H groups in total. The van der Waals surface area contributed by atoms with Crippen molar-refractivity contribution in [3.8, 4) is 5.75 Å². The Morgan fingerprint density at radius 2 is 1.63 bits per heavy atom. The van der Waals surface area contributed by atoms with Crippen molar-refractivity contribution in [3.63, 3.8) is 0 Å². The summed E-state index contributed by atoms with van der Waals surface area (Å²) in [6.07, 6.45) is 3.13. The quantitative estimate of drug-likeness (QED) is 0.130. The number of nitrogens with one attached hydrogen (secondary N) is 3. The van der Waals surface area contributed by atoms with E-state index in [1.807, 2.05) is 39.8 Å². The molecule has 1 heterocycles. The van der Waals surface area contributed by atoms with E-state index >= 15 is 0 Å². The van der Waals surface area contributed by atoms with E-state index in [1.54, 1.807) is 45.0 Å². The van der Waals surface area contributed by atoms with Crippen LogP contribution in [0.5, 0.6) is 5.75 Å². The average Bonchev–Trinajstić information content (AvgIpc) is 3.08. The third-order valence-electron chi connectivity index (χ3n) is 9.93. The molecule has 0 aromatic heterocycles. The minimum atomic E-state index is -1.14. The first kappa shape index (κ1) is 43.2. The normalized spacial score (nSPS) is 24.4. The van der Waals surface area contributed by atoms with Crippen molar-refractivity contribution in [2.45, 2.75) is 115 Å². The summed E-state index contributed by atoms with van der Waals surface area (Å²) in [5.74, 6) is -1.46. The minimum absolute atomic E-state index is 0.0341. The van der Waals surface area contributed by atoms with Crippen LogP contribution < -0.4 is 26.4 Å². The van der Waals surface area contributed by atoms with Crippen LogP contribution in [0.3, 0.4) is 0 Å². The Bertz CT molecular complexity index is 1590. The average molecular weight is 851 g/mol. The predicted octanol–water partition coefficient (Wildman–Crippen LogP) is 6.40. The largest absolute Gasteiger partial charge is 0.495 e. The first-order chi connectivity index (χ1) is 24.3. The maximum absolute atomic E-state index is 14.0. The van der Waals surface area contributed by atoms with Gasteiger partial charge in [0, 0.05) is 35.3 Å². The Morgan fingerprint density at radius 1 is 1.00 bits per heavy atom. The first-order valence-electron chi connectivity index (χ1n) is 17.8. The van der Waals surface area contributed by atoms with Crippen LogP contribution >= 0.6 is 34.2 Å². The van der Waals surface area contributed by atoms with Crippen LogP contribution in [0.1, 0.15) is 90.8 Å². The van der Waals surface area contributed by atoms with Crippen LogP contribution in [0.15, 0.2) is 54.6 Å². The van der Waals surface area contributed by atoms with E-state index in [2.05, 4.69) is 57.6 Å². The zero-order valence-electron chi connectivity index (χ0n) is 31.8. The summed E-state index contributed by atoms with van der Waals surface area (Å²) < 4.78 is 11.6. The summed E-state index contributed by atoms with van der Waals surface area (Å²) in [5.41, 5.74) is 7.23. The standard InChI is InChI=1S/C40H56ClIN4O6/c1-23(28-16-13-26(22-43)14-17-28)35(42)24(2)32-11-10-12-34(47)45-30(20-27-15-18-33(51-9)29(41)19-27)36(48)44-25(3)40(7,8)38(50)46-31(37(49)52-32)21-39(4,5)6/h10,12-19,23-25,30-32,35H,11,20-22,43H2,1-9H3,(H,44,48)(H,45,47)(H,46,50)/b12-10+/t23?,24-,25-,30+,31-,32-,35?/m0/s1. The number of alkyl halides is 1. The number of halogens is 2. The van der Waals surface area contributed by atoms with Gasteiger partial charge >= 0.3 is 5.97 Å². The first-order valence-corrected chi connectivity index (χ1v) is 19.4. The summed E-state index contributed by atoms with van der Waals surface area (Å²) in [4.78, 5) is 55.1. The summed E-state index contributed by atoms with van der Waals surface area (Å²) in [7, 11) is 1.52. The highest BCUT2D eigenvalue weighted by molar-refractivity contribution is 14.1. The van der Waals surface area contributed by atoms with Crippen molar-refractivity contribution in [2.24, 2.45) is 22.5 Å². The van der Waals surface area contributed by atoms with Crippen LogP contribution in [0.25, 0.3) is 0 Å². The number of amides is 3. The molecular formula is C40H56ClIN4O6. The van der Waals surface area contributed by atoms with Crippen molar-refractivity contribution < 1.29 is 28.7 Å². The second-order valence-electron chi connectivity index (χ2n) is 15.6. The van der Waals surface area contributed by atoms with E-state index in [0.29, 0.717) is 29.3 Å². The number of ether oxygens (including phenoxy) is 2. The van der Waals surface area contributed by atoms with Crippen molar-refractivity contribution in [3.05, 3.63) is 76.3 Å². The Balaban J connectivity index is 2.02. The van der Waals surface area contributed by atoms with Gasteiger partial charge in [0.2, 0.25) is 17.7 Å². The maximum Gasteiger partial charge on any atom is 0.328 e. The topological polar surface area (TPSA) is 149 Å². The van der Waals surface area contributed by atoms with E-state index < -0.39 is 53.3 Å². The second kappa shape index (κ2) is 18.7. The predicted molar refractivity (Wildman–Crippen MR) is 214 cm³/mol. The maximum atomic E-state index is 14.0. The van der Waals surface area contributed by atoms with Crippen molar-refractivity contribution in [1.29, 1.82) is 0 Å². The van der Waals surface area contributed by atoms with E-state index in [4.69, 9.17) is 26.8 Å². The Hall–Kier alpha value is -3.16. The molecule has 3 rings (SSSR count). The molecular weight excluding hydrogens is 795 g/mol. The molecule has 0 saturated carbocycles. The molecule has 12 heteroatoms. The number of benzene rings is 2. The van der Waals surface area contributed by atoms with Gasteiger partial charge in [-0.1, -0.05) is 105 Å². The number of cyclic esters (lactones) is 1. The number of hydrogen-bond acceptors (Lipinski definition) is 7. The lowest BCUT2D eigenvalue weighted by Crippen LogP contribution is -2.58. The fourth-order valence-electron chi connectivity index (χ4n) is 6.05. The van der Waals surface area contributed by atoms with Crippen LogP contribution in [0, 0.1) is 16.7 Å². The molecule has 0 bridgehead atoms. The third kappa shape index (κ3) is 11.9. The molecule has 2 aromatic carbocycles. The summed E-state index contributed by atoms with van der Waals surface area (Å²) in [5, 5.41) is 9.11.